The van der Waals surface area contributed by atoms with E-state index in [1.54, 1.807) is 41.5 Å². The van der Waals surface area contributed by atoms with Crippen molar-refractivity contribution in [3.8, 4) is 5.75 Å². The molecule has 2 heterocycles. The van der Waals surface area contributed by atoms with Crippen molar-refractivity contribution in [1.82, 2.24) is 0 Å². The molecule has 1 aliphatic heterocycles. The van der Waals surface area contributed by atoms with Crippen LogP contribution in [-0.4, -0.2) is 25.5 Å². The normalized spacial score (nSPS) is 14.0. The molecule has 6 heteroatoms. The number of hydrogen-bond acceptors (Lipinski definition) is 4. The molecule has 1 aromatic heterocycles. The SMILES string of the molecule is CN1C(=O)CCOc2ccc(NC(=O)CCc3cccs3)cc21. The van der Waals surface area contributed by atoms with Gasteiger partial charge in [0, 0.05) is 24.0 Å². The van der Waals surface area contributed by atoms with Gasteiger partial charge in [0.2, 0.25) is 11.8 Å². The van der Waals surface area contributed by atoms with Crippen LogP contribution in [0, 0.1) is 0 Å². The van der Waals surface area contributed by atoms with Crippen molar-refractivity contribution in [2.75, 3.05) is 23.9 Å². The summed E-state index contributed by atoms with van der Waals surface area (Å²) in [6, 6.07) is 9.38. The second kappa shape index (κ2) is 6.83. The average molecular weight is 330 g/mol. The maximum absolute atomic E-state index is 12.1. The van der Waals surface area contributed by atoms with Gasteiger partial charge in [0.15, 0.2) is 0 Å². The Bertz CT molecular complexity index is 713. The molecule has 23 heavy (non-hydrogen) atoms. The van der Waals surface area contributed by atoms with E-state index >= 15 is 0 Å². The molecule has 2 aromatic rings. The maximum Gasteiger partial charge on any atom is 0.230 e. The fourth-order valence-electron chi connectivity index (χ4n) is 2.44. The zero-order valence-electron chi connectivity index (χ0n) is 12.9. The van der Waals surface area contributed by atoms with Gasteiger partial charge in [0.25, 0.3) is 0 Å². The van der Waals surface area contributed by atoms with E-state index in [0.717, 1.165) is 6.42 Å². The number of anilines is 2. The summed E-state index contributed by atoms with van der Waals surface area (Å²) in [5.41, 5.74) is 1.36. The summed E-state index contributed by atoms with van der Waals surface area (Å²) < 4.78 is 5.57. The van der Waals surface area contributed by atoms with Crippen molar-refractivity contribution in [1.29, 1.82) is 0 Å². The van der Waals surface area contributed by atoms with Gasteiger partial charge in [-0.1, -0.05) is 6.07 Å². The minimum atomic E-state index is -0.0399. The molecule has 0 atom stereocenters. The summed E-state index contributed by atoms with van der Waals surface area (Å²) in [4.78, 5) is 26.7. The number of benzene rings is 1. The maximum atomic E-state index is 12.1. The molecule has 5 nitrogen and oxygen atoms in total. The van der Waals surface area contributed by atoms with Crippen molar-refractivity contribution < 1.29 is 14.3 Å². The Morgan fingerprint density at radius 1 is 1.39 bits per heavy atom. The number of nitrogens with zero attached hydrogens (tertiary/aromatic N) is 1. The first-order valence-electron chi connectivity index (χ1n) is 7.49. The average Bonchev–Trinajstić information content (AvgIpc) is 3.02. The molecule has 0 saturated heterocycles. The Morgan fingerprint density at radius 3 is 3.04 bits per heavy atom. The molecule has 3 rings (SSSR count). The number of carbonyl (C=O) groups excluding carboxylic acids is 2. The van der Waals surface area contributed by atoms with E-state index in [2.05, 4.69) is 5.32 Å². The van der Waals surface area contributed by atoms with Crippen LogP contribution in [0.1, 0.15) is 17.7 Å². The molecule has 0 bridgehead atoms. The van der Waals surface area contributed by atoms with E-state index in [4.69, 9.17) is 4.74 Å². The molecule has 1 N–H and O–H groups in total. The van der Waals surface area contributed by atoms with Gasteiger partial charge in [-0.2, -0.15) is 0 Å². The highest BCUT2D eigenvalue weighted by Crippen LogP contribution is 2.33. The second-order valence-electron chi connectivity index (χ2n) is 5.36. The van der Waals surface area contributed by atoms with E-state index in [-0.39, 0.29) is 11.8 Å². The number of carbonyl (C=O) groups is 2. The summed E-state index contributed by atoms with van der Waals surface area (Å²) in [6.07, 6.45) is 1.52. The van der Waals surface area contributed by atoms with Crippen LogP contribution >= 0.6 is 11.3 Å². The van der Waals surface area contributed by atoms with E-state index in [0.29, 0.717) is 36.6 Å². The van der Waals surface area contributed by atoms with Crippen molar-refractivity contribution in [3.63, 3.8) is 0 Å². The first-order chi connectivity index (χ1) is 11.1. The van der Waals surface area contributed by atoms with Gasteiger partial charge in [0.1, 0.15) is 5.75 Å². The molecule has 0 spiro atoms. The highest BCUT2D eigenvalue weighted by atomic mass is 32.1. The quantitative estimate of drug-likeness (QED) is 0.937. The smallest absolute Gasteiger partial charge is 0.230 e. The van der Waals surface area contributed by atoms with Crippen molar-refractivity contribution >= 4 is 34.5 Å². The lowest BCUT2D eigenvalue weighted by Crippen LogP contribution is -2.25. The van der Waals surface area contributed by atoms with Crippen molar-refractivity contribution in [2.45, 2.75) is 19.3 Å². The molecule has 0 unspecified atom stereocenters. The second-order valence-corrected chi connectivity index (χ2v) is 6.39. The molecule has 2 amide bonds. The Balaban J connectivity index is 1.67. The molecule has 0 aliphatic carbocycles. The predicted molar refractivity (Wildman–Crippen MR) is 91.2 cm³/mol. The summed E-state index contributed by atoms with van der Waals surface area (Å²) in [5, 5.41) is 4.89. The number of rotatable bonds is 4. The van der Waals surface area contributed by atoms with Crippen LogP contribution in [0.2, 0.25) is 0 Å². The minimum Gasteiger partial charge on any atom is -0.491 e. The number of aryl methyl sites for hydroxylation is 1. The zero-order valence-corrected chi connectivity index (χ0v) is 13.7. The highest BCUT2D eigenvalue weighted by Gasteiger charge is 2.20. The Labute approximate surface area is 138 Å². The number of amides is 2. The van der Waals surface area contributed by atoms with Crippen LogP contribution in [-0.2, 0) is 16.0 Å². The number of hydrogen-bond donors (Lipinski definition) is 1. The Kier molecular flexibility index (Phi) is 4.62. The van der Waals surface area contributed by atoms with Gasteiger partial charge in [-0.3, -0.25) is 9.59 Å². The standard InChI is InChI=1S/C17H18N2O3S/c1-19-14-11-12(4-6-15(14)22-9-8-17(19)21)18-16(20)7-5-13-3-2-10-23-13/h2-4,6,10-11H,5,7-9H2,1H3,(H,18,20). The number of ether oxygens (including phenoxy) is 1. The fraction of sp³-hybridized carbons (Fsp3) is 0.294. The molecule has 0 fully saturated rings. The van der Waals surface area contributed by atoms with E-state index < -0.39 is 0 Å². The third kappa shape index (κ3) is 3.71. The Morgan fingerprint density at radius 2 is 2.26 bits per heavy atom. The number of thiophene rings is 1. The van der Waals surface area contributed by atoms with Gasteiger partial charge in [0.05, 0.1) is 18.7 Å². The van der Waals surface area contributed by atoms with E-state index in [1.165, 1.54) is 4.88 Å². The molecular formula is C17H18N2O3S. The van der Waals surface area contributed by atoms with E-state index in [9.17, 15) is 9.59 Å². The van der Waals surface area contributed by atoms with Gasteiger partial charge in [-0.05, 0) is 36.1 Å². The Hall–Kier alpha value is -2.34. The third-order valence-corrected chi connectivity index (χ3v) is 4.67. The summed E-state index contributed by atoms with van der Waals surface area (Å²) in [7, 11) is 1.72. The minimum absolute atomic E-state index is 0.00456. The molecular weight excluding hydrogens is 312 g/mol. The lowest BCUT2D eigenvalue weighted by molar-refractivity contribution is -0.118. The summed E-state index contributed by atoms with van der Waals surface area (Å²) in [5.74, 6) is 0.627. The third-order valence-electron chi connectivity index (χ3n) is 3.73. The van der Waals surface area contributed by atoms with Crippen LogP contribution < -0.4 is 15.0 Å². The van der Waals surface area contributed by atoms with Crippen molar-refractivity contribution in [3.05, 3.63) is 40.6 Å². The van der Waals surface area contributed by atoms with Gasteiger partial charge < -0.3 is 15.0 Å². The first kappa shape index (κ1) is 15.6. The lowest BCUT2D eigenvalue weighted by Gasteiger charge is -2.17. The van der Waals surface area contributed by atoms with Crippen molar-refractivity contribution in [2.24, 2.45) is 0 Å². The highest BCUT2D eigenvalue weighted by molar-refractivity contribution is 7.09. The zero-order chi connectivity index (χ0) is 16.2. The molecule has 1 aromatic carbocycles. The molecule has 0 radical (unpaired) electrons. The van der Waals surface area contributed by atoms with Gasteiger partial charge in [-0.25, -0.2) is 0 Å². The predicted octanol–water partition coefficient (Wildman–Crippen LogP) is 3.06. The van der Waals surface area contributed by atoms with Crippen LogP contribution in [0.15, 0.2) is 35.7 Å². The molecule has 0 saturated carbocycles. The summed E-state index contributed by atoms with van der Waals surface area (Å²) in [6.45, 7) is 0.378. The largest absolute Gasteiger partial charge is 0.491 e. The van der Waals surface area contributed by atoms with Crippen LogP contribution in [0.5, 0.6) is 5.75 Å². The number of fused-ring (bicyclic) bond motifs is 1. The summed E-state index contributed by atoms with van der Waals surface area (Å²) >= 11 is 1.65. The van der Waals surface area contributed by atoms with E-state index in [1.807, 2.05) is 17.5 Å². The number of nitrogens with one attached hydrogen (secondary N) is 1. The molecule has 1 aliphatic rings. The topological polar surface area (TPSA) is 58.6 Å². The first-order valence-corrected chi connectivity index (χ1v) is 8.37. The van der Waals surface area contributed by atoms with Crippen LogP contribution in [0.3, 0.4) is 0 Å². The van der Waals surface area contributed by atoms with Gasteiger partial charge in [-0.15, -0.1) is 11.3 Å². The van der Waals surface area contributed by atoms with Gasteiger partial charge >= 0.3 is 0 Å². The monoisotopic (exact) mass is 330 g/mol. The van der Waals surface area contributed by atoms with Crippen LogP contribution in [0.4, 0.5) is 11.4 Å². The fourth-order valence-corrected chi connectivity index (χ4v) is 3.15. The van der Waals surface area contributed by atoms with Crippen LogP contribution in [0.25, 0.3) is 0 Å². The molecule has 120 valence electrons. The lowest BCUT2D eigenvalue weighted by atomic mass is 10.2.